The molecule has 0 atom stereocenters. The van der Waals surface area contributed by atoms with Crippen molar-refractivity contribution in [1.82, 2.24) is 15.2 Å². The summed E-state index contributed by atoms with van der Waals surface area (Å²) in [5, 5.41) is 9.04. The summed E-state index contributed by atoms with van der Waals surface area (Å²) in [6.07, 6.45) is 3.14. The van der Waals surface area contributed by atoms with Gasteiger partial charge in [-0.1, -0.05) is 18.2 Å². The minimum atomic E-state index is -0.324. The van der Waals surface area contributed by atoms with Gasteiger partial charge in [0.1, 0.15) is 5.69 Å². The SMILES string of the molecule is Nc1cn[nH]c1C(=O)Nc1ccc(-c2ccccn2)cc1. The number of nitrogens with two attached hydrogens (primary N) is 1. The number of benzene rings is 1. The highest BCUT2D eigenvalue weighted by Crippen LogP contribution is 2.19. The van der Waals surface area contributed by atoms with Crippen LogP contribution >= 0.6 is 0 Å². The number of nitrogens with zero attached hydrogens (tertiary/aromatic N) is 2. The lowest BCUT2D eigenvalue weighted by atomic mass is 10.1. The van der Waals surface area contributed by atoms with Crippen LogP contribution in [0.15, 0.2) is 54.9 Å². The van der Waals surface area contributed by atoms with Crippen molar-refractivity contribution in [3.63, 3.8) is 0 Å². The largest absolute Gasteiger partial charge is 0.396 e. The fraction of sp³-hybridized carbons (Fsp3) is 0. The molecule has 6 heteroatoms. The number of aromatic nitrogens is 3. The van der Waals surface area contributed by atoms with Crippen molar-refractivity contribution in [2.45, 2.75) is 0 Å². The summed E-state index contributed by atoms with van der Waals surface area (Å²) in [5.74, 6) is -0.324. The smallest absolute Gasteiger partial charge is 0.275 e. The van der Waals surface area contributed by atoms with Crippen LogP contribution in [0.3, 0.4) is 0 Å². The van der Waals surface area contributed by atoms with Gasteiger partial charge in [-0.25, -0.2) is 0 Å². The Labute approximate surface area is 121 Å². The number of nitrogen functional groups attached to an aromatic ring is 1. The third-order valence-electron chi connectivity index (χ3n) is 3.00. The Morgan fingerprint density at radius 1 is 1.14 bits per heavy atom. The third-order valence-corrected chi connectivity index (χ3v) is 3.00. The Morgan fingerprint density at radius 2 is 1.95 bits per heavy atom. The molecule has 0 aliphatic rings. The molecule has 1 aromatic carbocycles. The molecule has 104 valence electrons. The summed E-state index contributed by atoms with van der Waals surface area (Å²) in [4.78, 5) is 16.3. The Hall–Kier alpha value is -3.15. The van der Waals surface area contributed by atoms with Crippen LogP contribution in [-0.2, 0) is 0 Å². The molecule has 0 fully saturated rings. The lowest BCUT2D eigenvalue weighted by Gasteiger charge is -2.06. The zero-order valence-electron chi connectivity index (χ0n) is 11.1. The van der Waals surface area contributed by atoms with Gasteiger partial charge in [-0.05, 0) is 24.3 Å². The van der Waals surface area contributed by atoms with Crippen LogP contribution in [0.5, 0.6) is 0 Å². The van der Waals surface area contributed by atoms with E-state index in [-0.39, 0.29) is 11.6 Å². The first kappa shape index (κ1) is 12.9. The minimum absolute atomic E-state index is 0.254. The van der Waals surface area contributed by atoms with Crippen LogP contribution in [0.2, 0.25) is 0 Å². The number of nitrogens with one attached hydrogen (secondary N) is 2. The van der Waals surface area contributed by atoms with Gasteiger partial charge in [-0.3, -0.25) is 14.9 Å². The van der Waals surface area contributed by atoms with Crippen molar-refractivity contribution in [2.24, 2.45) is 0 Å². The molecule has 2 heterocycles. The minimum Gasteiger partial charge on any atom is -0.396 e. The number of amides is 1. The van der Waals surface area contributed by atoms with Gasteiger partial charge in [0.05, 0.1) is 17.6 Å². The van der Waals surface area contributed by atoms with E-state index in [4.69, 9.17) is 5.73 Å². The zero-order chi connectivity index (χ0) is 14.7. The number of pyridine rings is 1. The number of carbonyl (C=O) groups excluding carboxylic acids is 1. The predicted octanol–water partition coefficient (Wildman–Crippen LogP) is 2.31. The lowest BCUT2D eigenvalue weighted by molar-refractivity contribution is 0.102. The first-order valence-corrected chi connectivity index (χ1v) is 6.36. The molecule has 2 aromatic heterocycles. The second-order valence-corrected chi connectivity index (χ2v) is 4.45. The summed E-state index contributed by atoms with van der Waals surface area (Å²) in [7, 11) is 0. The van der Waals surface area contributed by atoms with E-state index in [1.54, 1.807) is 6.20 Å². The van der Waals surface area contributed by atoms with Gasteiger partial charge >= 0.3 is 0 Å². The standard InChI is InChI=1S/C15H13N5O/c16-12-9-18-20-14(12)15(21)19-11-6-4-10(5-7-11)13-3-1-2-8-17-13/h1-9H,16H2,(H,18,20)(H,19,21). The van der Waals surface area contributed by atoms with Crippen LogP contribution in [0.25, 0.3) is 11.3 Å². The second kappa shape index (κ2) is 5.46. The molecule has 6 nitrogen and oxygen atoms in total. The third kappa shape index (κ3) is 2.74. The number of hydrogen-bond donors (Lipinski definition) is 3. The quantitative estimate of drug-likeness (QED) is 0.685. The highest BCUT2D eigenvalue weighted by molar-refractivity contribution is 6.06. The second-order valence-electron chi connectivity index (χ2n) is 4.45. The summed E-state index contributed by atoms with van der Waals surface area (Å²) in [6.45, 7) is 0. The molecule has 4 N–H and O–H groups in total. The van der Waals surface area contributed by atoms with Crippen molar-refractivity contribution in [2.75, 3.05) is 11.1 Å². The van der Waals surface area contributed by atoms with E-state index in [1.165, 1.54) is 6.20 Å². The molecular weight excluding hydrogens is 266 g/mol. The maximum Gasteiger partial charge on any atom is 0.275 e. The van der Waals surface area contributed by atoms with Crippen molar-refractivity contribution < 1.29 is 4.79 Å². The van der Waals surface area contributed by atoms with Crippen LogP contribution in [0, 0.1) is 0 Å². The van der Waals surface area contributed by atoms with Gasteiger partial charge < -0.3 is 11.1 Å². The number of aromatic amines is 1. The Balaban J connectivity index is 1.76. The normalized spacial score (nSPS) is 10.3. The van der Waals surface area contributed by atoms with Gasteiger partial charge in [0.15, 0.2) is 0 Å². The number of hydrogen-bond acceptors (Lipinski definition) is 4. The van der Waals surface area contributed by atoms with E-state index in [0.717, 1.165) is 11.3 Å². The summed E-state index contributed by atoms with van der Waals surface area (Å²) in [5.41, 5.74) is 8.74. The van der Waals surface area contributed by atoms with Crippen LogP contribution in [0.4, 0.5) is 11.4 Å². The van der Waals surface area contributed by atoms with Crippen molar-refractivity contribution in [3.05, 3.63) is 60.6 Å². The monoisotopic (exact) mass is 279 g/mol. The molecule has 0 spiro atoms. The first-order chi connectivity index (χ1) is 10.2. The fourth-order valence-electron chi connectivity index (χ4n) is 1.93. The average Bonchev–Trinajstić information content (AvgIpc) is 2.95. The Kier molecular flexibility index (Phi) is 3.34. The van der Waals surface area contributed by atoms with Gasteiger partial charge in [0.25, 0.3) is 5.91 Å². The molecule has 0 radical (unpaired) electrons. The molecule has 1 amide bonds. The average molecular weight is 279 g/mol. The lowest BCUT2D eigenvalue weighted by Crippen LogP contribution is -2.14. The molecule has 0 aliphatic heterocycles. The van der Waals surface area contributed by atoms with E-state index < -0.39 is 0 Å². The van der Waals surface area contributed by atoms with Crippen LogP contribution in [0.1, 0.15) is 10.5 Å². The molecule has 0 saturated heterocycles. The highest BCUT2D eigenvalue weighted by atomic mass is 16.1. The highest BCUT2D eigenvalue weighted by Gasteiger charge is 2.11. The molecule has 3 rings (SSSR count). The van der Waals surface area contributed by atoms with E-state index >= 15 is 0 Å². The molecule has 0 unspecified atom stereocenters. The molecule has 21 heavy (non-hydrogen) atoms. The van der Waals surface area contributed by atoms with Crippen LogP contribution < -0.4 is 11.1 Å². The zero-order valence-corrected chi connectivity index (χ0v) is 11.1. The molecular formula is C15H13N5O. The van der Waals surface area contributed by atoms with Gasteiger partial charge in [0.2, 0.25) is 0 Å². The first-order valence-electron chi connectivity index (χ1n) is 6.36. The Bertz CT molecular complexity index is 749. The van der Waals surface area contributed by atoms with Crippen molar-refractivity contribution in [1.29, 1.82) is 0 Å². The van der Waals surface area contributed by atoms with Crippen molar-refractivity contribution >= 4 is 17.3 Å². The summed E-state index contributed by atoms with van der Waals surface area (Å²) in [6, 6.07) is 13.1. The van der Waals surface area contributed by atoms with Gasteiger partial charge in [-0.2, -0.15) is 5.10 Å². The van der Waals surface area contributed by atoms with E-state index in [2.05, 4.69) is 20.5 Å². The molecule has 0 aliphatic carbocycles. The fourth-order valence-corrected chi connectivity index (χ4v) is 1.93. The molecule has 3 aromatic rings. The maximum atomic E-state index is 12.0. The van der Waals surface area contributed by atoms with E-state index in [9.17, 15) is 4.79 Å². The van der Waals surface area contributed by atoms with Gasteiger partial charge in [0, 0.05) is 17.4 Å². The molecule has 0 saturated carbocycles. The number of carbonyl (C=O) groups is 1. The summed E-state index contributed by atoms with van der Waals surface area (Å²) >= 11 is 0. The van der Waals surface area contributed by atoms with E-state index in [0.29, 0.717) is 11.4 Å². The maximum absolute atomic E-state index is 12.0. The van der Waals surface area contributed by atoms with Gasteiger partial charge in [-0.15, -0.1) is 0 Å². The van der Waals surface area contributed by atoms with Crippen molar-refractivity contribution in [3.8, 4) is 11.3 Å². The number of H-pyrrole nitrogens is 1. The topological polar surface area (TPSA) is 96.7 Å². The molecule has 0 bridgehead atoms. The summed E-state index contributed by atoms with van der Waals surface area (Å²) < 4.78 is 0. The van der Waals surface area contributed by atoms with Crippen LogP contribution in [-0.4, -0.2) is 21.1 Å². The number of anilines is 2. The predicted molar refractivity (Wildman–Crippen MR) is 80.6 cm³/mol. The van der Waals surface area contributed by atoms with E-state index in [1.807, 2.05) is 42.5 Å². The Morgan fingerprint density at radius 3 is 2.57 bits per heavy atom. The number of rotatable bonds is 3.